The number of hydrogen-bond acceptors (Lipinski definition) is 8. The zero-order valence-corrected chi connectivity index (χ0v) is 20.0. The van der Waals surface area contributed by atoms with Crippen molar-refractivity contribution in [3.05, 3.63) is 70.6 Å². The van der Waals surface area contributed by atoms with Crippen molar-refractivity contribution in [2.45, 2.75) is 5.92 Å². The molecule has 0 atom stereocenters. The molecule has 0 saturated heterocycles. The van der Waals surface area contributed by atoms with Gasteiger partial charge in [-0.05, 0) is 12.1 Å². The van der Waals surface area contributed by atoms with Crippen molar-refractivity contribution in [1.29, 1.82) is 0 Å². The van der Waals surface area contributed by atoms with Crippen molar-refractivity contribution < 1.29 is 43.2 Å². The summed E-state index contributed by atoms with van der Waals surface area (Å²) in [4.78, 5) is 65.5. The number of para-hydroxylation sites is 2. The normalized spacial score (nSPS) is 19.1. The number of Topliss-reactive ketones (excluding diaryl/α,β-unsaturated/α-hetero) is 4. The lowest BCUT2D eigenvalue weighted by Crippen LogP contribution is -2.49. The molecular weight excluding hydrogens is 480 g/mol. The molecule has 0 amide bonds. The number of phenolic OH excluding ortho intramolecular Hbond substituents is 1. The Labute approximate surface area is 209 Å². The quantitative estimate of drug-likeness (QED) is 0.230. The molecule has 1 heterocycles. The number of aliphatic carboxylic acids is 1. The number of aryl methyl sites for hydroxylation is 1. The molecule has 0 spiro atoms. The average Bonchev–Trinajstić information content (AvgIpc) is 3.18. The lowest BCUT2D eigenvalue weighted by molar-refractivity contribution is -0.652. The minimum atomic E-state index is -1.77. The molecule has 2 N–H and O–H groups in total. The third kappa shape index (κ3) is 3.48. The molecule has 10 heteroatoms. The monoisotopic (exact) mass is 501 g/mol. The summed E-state index contributed by atoms with van der Waals surface area (Å²) < 4.78 is 7.30. The van der Waals surface area contributed by atoms with Crippen LogP contribution in [0.3, 0.4) is 0 Å². The smallest absolute Gasteiger partial charge is 0.374 e. The van der Waals surface area contributed by atoms with Gasteiger partial charge in [-0.1, -0.05) is 18.2 Å². The summed E-state index contributed by atoms with van der Waals surface area (Å²) in [6.45, 7) is 0. The third-order valence-corrected chi connectivity index (χ3v) is 6.74. The number of aromatic hydroxyl groups is 1. The predicted octanol–water partition coefficient (Wildman–Crippen LogP) is 1.50. The summed E-state index contributed by atoms with van der Waals surface area (Å²) in [6.07, 6.45) is 1.23. The Kier molecular flexibility index (Phi) is 5.40. The Bertz CT molecular complexity index is 1600. The number of oxazole rings is 1. The van der Waals surface area contributed by atoms with E-state index in [0.29, 0.717) is 11.3 Å². The Morgan fingerprint density at radius 1 is 1.00 bits per heavy atom. The molecule has 37 heavy (non-hydrogen) atoms. The maximum atomic E-state index is 12.9. The van der Waals surface area contributed by atoms with E-state index in [0.717, 1.165) is 5.52 Å². The van der Waals surface area contributed by atoms with E-state index < -0.39 is 52.1 Å². The molecule has 5 rings (SSSR count). The van der Waals surface area contributed by atoms with Gasteiger partial charge in [0.25, 0.3) is 5.52 Å². The summed E-state index contributed by atoms with van der Waals surface area (Å²) in [5, 5.41) is 20.1. The van der Waals surface area contributed by atoms with E-state index in [-0.39, 0.29) is 22.8 Å². The van der Waals surface area contributed by atoms with Crippen molar-refractivity contribution in [3.63, 3.8) is 0 Å². The van der Waals surface area contributed by atoms with Crippen LogP contribution in [0.25, 0.3) is 17.2 Å². The highest BCUT2D eigenvalue weighted by Gasteiger charge is 2.56. The van der Waals surface area contributed by atoms with E-state index in [2.05, 4.69) is 0 Å². The Hall–Kier alpha value is -4.86. The summed E-state index contributed by atoms with van der Waals surface area (Å²) in [7, 11) is 5.18. The lowest BCUT2D eigenvalue weighted by Gasteiger charge is -2.32. The molecule has 1 aromatic heterocycles. The van der Waals surface area contributed by atoms with Gasteiger partial charge in [-0.15, -0.1) is 0 Å². The lowest BCUT2D eigenvalue weighted by atomic mass is 9.64. The number of aromatic nitrogens is 1. The number of nitrogens with zero attached hydrogens (tertiary/aromatic N) is 2. The molecule has 2 saturated carbocycles. The molecule has 2 aliphatic rings. The Morgan fingerprint density at radius 3 is 2.22 bits per heavy atom. The van der Waals surface area contributed by atoms with Gasteiger partial charge in [0.15, 0.2) is 23.1 Å². The van der Waals surface area contributed by atoms with Gasteiger partial charge in [0, 0.05) is 37.5 Å². The Morgan fingerprint density at radius 2 is 1.65 bits per heavy atom. The van der Waals surface area contributed by atoms with Crippen molar-refractivity contribution in [1.82, 2.24) is 0 Å². The zero-order chi connectivity index (χ0) is 26.8. The molecule has 0 aliphatic heterocycles. The predicted molar refractivity (Wildman–Crippen MR) is 129 cm³/mol. The summed E-state index contributed by atoms with van der Waals surface area (Å²) in [5.74, 6) is -8.35. The number of rotatable bonds is 5. The highest BCUT2D eigenvalue weighted by atomic mass is 16.4. The van der Waals surface area contributed by atoms with Crippen LogP contribution >= 0.6 is 0 Å². The maximum Gasteiger partial charge on any atom is 0.374 e. The first-order valence-electron chi connectivity index (χ1n) is 11.3. The molecule has 3 aromatic rings. The number of ketones is 4. The van der Waals surface area contributed by atoms with Crippen LogP contribution in [-0.2, 0) is 31.0 Å². The van der Waals surface area contributed by atoms with Crippen molar-refractivity contribution in [2.24, 2.45) is 13.0 Å². The van der Waals surface area contributed by atoms with Gasteiger partial charge < -0.3 is 19.5 Å². The number of phenols is 1. The number of anilines is 1. The first-order valence-corrected chi connectivity index (χ1v) is 11.3. The molecule has 0 unspecified atom stereocenters. The minimum Gasteiger partial charge on any atom is -0.508 e. The highest BCUT2D eigenvalue weighted by molar-refractivity contribution is 6.48. The topological polar surface area (TPSA) is 146 Å². The van der Waals surface area contributed by atoms with Crippen LogP contribution in [-0.4, -0.2) is 53.4 Å². The number of fused-ring (bicyclic) bond motifs is 1. The van der Waals surface area contributed by atoms with Crippen LogP contribution in [0.4, 0.5) is 5.69 Å². The molecule has 0 radical (unpaired) electrons. The second-order valence-corrected chi connectivity index (χ2v) is 9.08. The number of carboxylic acids is 1. The Balaban J connectivity index is 1.47. The van der Waals surface area contributed by atoms with E-state index >= 15 is 0 Å². The van der Waals surface area contributed by atoms with E-state index in [1.807, 2.05) is 0 Å². The van der Waals surface area contributed by atoms with Crippen molar-refractivity contribution in [2.75, 3.05) is 19.0 Å². The van der Waals surface area contributed by atoms with Gasteiger partial charge in [-0.25, -0.2) is 4.79 Å². The molecule has 186 valence electrons. The standard InChI is InChI=1S/C27H20N2O8/c1-28(2)12-8-9-13(16(30)10-12)19-25(33)22(26(19)34)20(27(35)36)21-23(31)14(24(21)32)11-18-29(3)15-6-4-5-7-17(15)37-18/h4-11,19,21H,1-3H3,(H-,30,35,36)/p+1. The van der Waals surface area contributed by atoms with Gasteiger partial charge in [0.2, 0.25) is 5.58 Å². The van der Waals surface area contributed by atoms with E-state index in [4.69, 9.17) is 4.42 Å². The first kappa shape index (κ1) is 23.9. The van der Waals surface area contributed by atoms with Gasteiger partial charge >= 0.3 is 11.9 Å². The van der Waals surface area contributed by atoms with Gasteiger partial charge in [0.05, 0.1) is 22.8 Å². The van der Waals surface area contributed by atoms with Crippen molar-refractivity contribution >= 4 is 52.0 Å². The van der Waals surface area contributed by atoms with E-state index in [1.165, 1.54) is 18.2 Å². The van der Waals surface area contributed by atoms with E-state index in [9.17, 15) is 34.2 Å². The molecule has 2 aliphatic carbocycles. The fourth-order valence-corrected chi connectivity index (χ4v) is 4.68. The number of carboxylic acid groups (broad SMARTS) is 1. The highest BCUT2D eigenvalue weighted by Crippen LogP contribution is 2.44. The zero-order valence-electron chi connectivity index (χ0n) is 20.0. The summed E-state index contributed by atoms with van der Waals surface area (Å²) in [6, 6.07) is 11.5. The number of hydrogen-bond donors (Lipinski definition) is 2. The van der Waals surface area contributed by atoms with Crippen LogP contribution in [0, 0.1) is 5.92 Å². The van der Waals surface area contributed by atoms with Crippen LogP contribution in [0.5, 0.6) is 5.75 Å². The second kappa shape index (κ2) is 8.37. The fourth-order valence-electron chi connectivity index (χ4n) is 4.68. The van der Waals surface area contributed by atoms with Gasteiger partial charge in [0.1, 0.15) is 24.6 Å². The number of carbonyl (C=O) groups excluding carboxylic acids is 4. The summed E-state index contributed by atoms with van der Waals surface area (Å²) in [5.41, 5.74) is 0.0808. The average molecular weight is 501 g/mol. The number of benzene rings is 2. The molecule has 2 aromatic carbocycles. The van der Waals surface area contributed by atoms with Crippen molar-refractivity contribution in [3.8, 4) is 5.75 Å². The largest absolute Gasteiger partial charge is 0.508 e. The molecule has 2 fully saturated rings. The van der Waals surface area contributed by atoms with Gasteiger partial charge in [-0.2, -0.15) is 4.57 Å². The van der Waals surface area contributed by atoms with Crippen LogP contribution < -0.4 is 9.47 Å². The fraction of sp³-hybridized carbons (Fsp3) is 0.185. The van der Waals surface area contributed by atoms with Crippen LogP contribution in [0.1, 0.15) is 17.4 Å². The number of allylic oxidation sites excluding steroid dienone is 2. The van der Waals surface area contributed by atoms with Crippen LogP contribution in [0.2, 0.25) is 0 Å². The third-order valence-electron chi connectivity index (χ3n) is 6.74. The number of carbonyl (C=O) groups is 5. The first-order chi connectivity index (χ1) is 17.5. The van der Waals surface area contributed by atoms with Crippen LogP contribution in [0.15, 0.2) is 63.6 Å². The molecular formula is C27H21N2O8+. The SMILES string of the molecule is CN(C)c1ccc(C2C(=O)C(=C(C(=O)O)C3C(=O)C(=Cc4oc5ccccc5[n+]4C)C3=O)C2=O)c(O)c1. The maximum absolute atomic E-state index is 12.9. The molecule has 0 bridgehead atoms. The minimum absolute atomic E-state index is 0.0262. The molecule has 10 nitrogen and oxygen atoms in total. The second-order valence-electron chi connectivity index (χ2n) is 9.08. The van der Waals surface area contributed by atoms with E-state index in [1.54, 1.807) is 60.9 Å². The van der Waals surface area contributed by atoms with Gasteiger partial charge in [-0.3, -0.25) is 19.2 Å². The summed E-state index contributed by atoms with van der Waals surface area (Å²) >= 11 is 0.